The highest BCUT2D eigenvalue weighted by molar-refractivity contribution is 5.94. The SMILES string of the molecule is O=C(NC1c2ccccc2Oc2ncccc21)c1ccc(C(F)(F)F)[nH]c1=O. The standard InChI is InChI=1S/C19H12F3N3O3/c20-19(21,22)14-8-7-12(16(26)24-14)17(27)25-15-10-4-1-2-6-13(10)28-18-11(15)5-3-9-23-18/h1-9,15H,(H,24,26)(H,25,27). The fourth-order valence-corrected chi connectivity index (χ4v) is 2.97. The van der Waals surface area contributed by atoms with Gasteiger partial charge in [0, 0.05) is 17.3 Å². The van der Waals surface area contributed by atoms with Gasteiger partial charge in [-0.2, -0.15) is 13.2 Å². The van der Waals surface area contributed by atoms with Crippen LogP contribution in [0.15, 0.2) is 59.5 Å². The lowest BCUT2D eigenvalue weighted by Crippen LogP contribution is -2.35. The van der Waals surface area contributed by atoms with Crippen LogP contribution in [0.1, 0.15) is 33.2 Å². The Bertz CT molecular complexity index is 1080. The van der Waals surface area contributed by atoms with E-state index in [1.165, 1.54) is 6.20 Å². The van der Waals surface area contributed by atoms with Gasteiger partial charge in [-0.15, -0.1) is 0 Å². The summed E-state index contributed by atoms with van der Waals surface area (Å²) in [6, 6.07) is 11.2. The van der Waals surface area contributed by atoms with Gasteiger partial charge in [0.05, 0.1) is 6.04 Å². The van der Waals surface area contributed by atoms with Gasteiger partial charge in [-0.25, -0.2) is 4.98 Å². The first-order valence-corrected chi connectivity index (χ1v) is 8.17. The molecule has 1 aliphatic heterocycles. The predicted molar refractivity (Wildman–Crippen MR) is 92.1 cm³/mol. The summed E-state index contributed by atoms with van der Waals surface area (Å²) in [5.41, 5.74) is -1.57. The maximum atomic E-state index is 12.7. The van der Waals surface area contributed by atoms with Crippen molar-refractivity contribution in [3.05, 3.63) is 87.5 Å². The van der Waals surface area contributed by atoms with Gasteiger partial charge in [0.1, 0.15) is 17.0 Å². The lowest BCUT2D eigenvalue weighted by Gasteiger charge is -2.27. The van der Waals surface area contributed by atoms with Crippen LogP contribution in [-0.4, -0.2) is 15.9 Å². The highest BCUT2D eigenvalue weighted by Crippen LogP contribution is 2.41. The smallest absolute Gasteiger partial charge is 0.431 e. The zero-order valence-corrected chi connectivity index (χ0v) is 14.1. The molecule has 1 aliphatic rings. The molecule has 0 bridgehead atoms. The number of rotatable bonds is 2. The number of ether oxygens (including phenoxy) is 1. The minimum atomic E-state index is -4.71. The van der Waals surface area contributed by atoms with Crippen LogP contribution in [0.4, 0.5) is 13.2 Å². The molecule has 2 N–H and O–H groups in total. The molecule has 9 heteroatoms. The number of hydrogen-bond acceptors (Lipinski definition) is 4. The van der Waals surface area contributed by atoms with Gasteiger partial charge in [0.25, 0.3) is 11.5 Å². The molecule has 28 heavy (non-hydrogen) atoms. The van der Waals surface area contributed by atoms with E-state index < -0.39 is 34.9 Å². The number of nitrogens with zero attached hydrogens (tertiary/aromatic N) is 1. The average Bonchev–Trinajstić information content (AvgIpc) is 2.67. The second-order valence-corrected chi connectivity index (χ2v) is 6.06. The number of amides is 1. The second kappa shape index (κ2) is 6.52. The van der Waals surface area contributed by atoms with Gasteiger partial charge < -0.3 is 15.0 Å². The molecular formula is C19H12F3N3O3. The number of H-pyrrole nitrogens is 1. The Labute approximate surface area is 156 Å². The second-order valence-electron chi connectivity index (χ2n) is 6.06. The molecule has 0 saturated carbocycles. The van der Waals surface area contributed by atoms with E-state index >= 15 is 0 Å². The highest BCUT2D eigenvalue weighted by Gasteiger charge is 2.33. The Morgan fingerprint density at radius 1 is 1.07 bits per heavy atom. The van der Waals surface area contributed by atoms with Crippen LogP contribution in [-0.2, 0) is 6.18 Å². The molecular weight excluding hydrogens is 375 g/mol. The molecule has 0 aliphatic carbocycles. The molecule has 1 aromatic carbocycles. The molecule has 0 spiro atoms. The molecule has 1 unspecified atom stereocenters. The summed E-state index contributed by atoms with van der Waals surface area (Å²) in [7, 11) is 0. The van der Waals surface area contributed by atoms with E-state index in [1.807, 2.05) is 0 Å². The zero-order valence-electron chi connectivity index (χ0n) is 14.1. The van der Waals surface area contributed by atoms with Crippen molar-refractivity contribution >= 4 is 5.91 Å². The Morgan fingerprint density at radius 3 is 2.57 bits per heavy atom. The third-order valence-electron chi connectivity index (χ3n) is 4.28. The fourth-order valence-electron chi connectivity index (χ4n) is 2.97. The average molecular weight is 387 g/mol. The number of alkyl halides is 3. The van der Waals surface area contributed by atoms with Gasteiger partial charge in [0.2, 0.25) is 5.88 Å². The van der Waals surface area contributed by atoms with E-state index in [2.05, 4.69) is 10.3 Å². The van der Waals surface area contributed by atoms with Gasteiger partial charge in [-0.05, 0) is 30.3 Å². The Balaban J connectivity index is 1.70. The van der Waals surface area contributed by atoms with E-state index in [-0.39, 0.29) is 0 Å². The van der Waals surface area contributed by atoms with Crippen molar-refractivity contribution in [1.82, 2.24) is 15.3 Å². The van der Waals surface area contributed by atoms with Crippen LogP contribution in [0.25, 0.3) is 0 Å². The molecule has 3 heterocycles. The quantitative estimate of drug-likeness (QED) is 0.706. The summed E-state index contributed by atoms with van der Waals surface area (Å²) >= 11 is 0. The minimum Gasteiger partial charge on any atom is -0.438 e. The predicted octanol–water partition coefficient (Wildman–Crippen LogP) is 3.41. The molecule has 1 atom stereocenters. The number of para-hydroxylation sites is 1. The zero-order chi connectivity index (χ0) is 19.9. The van der Waals surface area contributed by atoms with Crippen molar-refractivity contribution in [3.8, 4) is 11.6 Å². The number of nitrogens with one attached hydrogen (secondary N) is 2. The number of aromatic nitrogens is 2. The van der Waals surface area contributed by atoms with Crippen molar-refractivity contribution in [3.63, 3.8) is 0 Å². The number of hydrogen-bond donors (Lipinski definition) is 2. The third kappa shape index (κ3) is 3.11. The van der Waals surface area contributed by atoms with E-state index in [0.717, 1.165) is 6.07 Å². The number of carbonyl (C=O) groups excluding carboxylic acids is 1. The van der Waals surface area contributed by atoms with Crippen LogP contribution in [0, 0.1) is 0 Å². The van der Waals surface area contributed by atoms with Gasteiger partial charge in [-0.1, -0.05) is 18.2 Å². The Hall–Kier alpha value is -3.62. The molecule has 0 fully saturated rings. The molecule has 6 nitrogen and oxygen atoms in total. The fraction of sp³-hybridized carbons (Fsp3) is 0.105. The summed E-state index contributed by atoms with van der Waals surface area (Å²) < 4.78 is 43.9. The minimum absolute atomic E-state index is 0.299. The molecule has 2 aromatic heterocycles. The lowest BCUT2D eigenvalue weighted by atomic mass is 9.96. The molecule has 4 rings (SSSR count). The summed E-state index contributed by atoms with van der Waals surface area (Å²) in [4.78, 5) is 30.5. The Morgan fingerprint density at radius 2 is 1.82 bits per heavy atom. The summed E-state index contributed by atoms with van der Waals surface area (Å²) in [6.07, 6.45) is -3.18. The van der Waals surface area contributed by atoms with E-state index in [0.29, 0.717) is 28.8 Å². The van der Waals surface area contributed by atoms with Crippen molar-refractivity contribution in [2.24, 2.45) is 0 Å². The van der Waals surface area contributed by atoms with Crippen molar-refractivity contribution in [1.29, 1.82) is 0 Å². The number of halogens is 3. The van der Waals surface area contributed by atoms with E-state index in [4.69, 9.17) is 4.74 Å². The normalized spacial score (nSPS) is 15.2. The van der Waals surface area contributed by atoms with Crippen molar-refractivity contribution in [2.75, 3.05) is 0 Å². The topological polar surface area (TPSA) is 84.1 Å². The van der Waals surface area contributed by atoms with Gasteiger partial charge in [-0.3, -0.25) is 9.59 Å². The number of aromatic amines is 1. The molecule has 1 amide bonds. The van der Waals surface area contributed by atoms with Crippen LogP contribution in [0.2, 0.25) is 0 Å². The monoisotopic (exact) mass is 387 g/mol. The maximum Gasteiger partial charge on any atom is 0.431 e. The summed E-state index contributed by atoms with van der Waals surface area (Å²) in [5.74, 6) is -0.0281. The first-order valence-electron chi connectivity index (χ1n) is 8.17. The van der Waals surface area contributed by atoms with E-state index in [9.17, 15) is 22.8 Å². The summed E-state index contributed by atoms with van der Waals surface area (Å²) in [5, 5.41) is 2.69. The first-order chi connectivity index (χ1) is 13.3. The van der Waals surface area contributed by atoms with Crippen LogP contribution < -0.4 is 15.6 Å². The molecule has 3 aromatic rings. The summed E-state index contributed by atoms with van der Waals surface area (Å²) in [6.45, 7) is 0. The van der Waals surface area contributed by atoms with Gasteiger partial charge in [0.15, 0.2) is 0 Å². The van der Waals surface area contributed by atoms with Crippen LogP contribution in [0.3, 0.4) is 0 Å². The number of carbonyl (C=O) groups is 1. The molecule has 0 radical (unpaired) electrons. The number of benzene rings is 1. The molecule has 142 valence electrons. The number of pyridine rings is 2. The van der Waals surface area contributed by atoms with Crippen LogP contribution in [0.5, 0.6) is 11.6 Å². The molecule has 0 saturated heterocycles. The largest absolute Gasteiger partial charge is 0.438 e. The maximum absolute atomic E-state index is 12.7. The number of fused-ring (bicyclic) bond motifs is 2. The van der Waals surface area contributed by atoms with Crippen molar-refractivity contribution < 1.29 is 22.7 Å². The van der Waals surface area contributed by atoms with Crippen LogP contribution >= 0.6 is 0 Å². The van der Waals surface area contributed by atoms with E-state index in [1.54, 1.807) is 41.4 Å². The van der Waals surface area contributed by atoms with Crippen molar-refractivity contribution in [2.45, 2.75) is 12.2 Å². The first kappa shape index (κ1) is 17.8. The van der Waals surface area contributed by atoms with Gasteiger partial charge >= 0.3 is 6.18 Å². The third-order valence-corrected chi connectivity index (χ3v) is 4.28. The lowest BCUT2D eigenvalue weighted by molar-refractivity contribution is -0.141. The highest BCUT2D eigenvalue weighted by atomic mass is 19.4. The Kier molecular flexibility index (Phi) is 4.14.